The topological polar surface area (TPSA) is 42.8 Å². The minimum atomic E-state index is 0.149. The van der Waals surface area contributed by atoms with E-state index in [1.54, 1.807) is 0 Å². The van der Waals surface area contributed by atoms with Gasteiger partial charge in [0.05, 0.1) is 22.4 Å². The highest BCUT2D eigenvalue weighted by Gasteiger charge is 2.23. The van der Waals surface area contributed by atoms with Crippen LogP contribution in [0.25, 0.3) is 71.7 Å². The van der Waals surface area contributed by atoms with E-state index in [4.69, 9.17) is 14.4 Å². The number of aliphatic imine (C=N–C) groups is 2. The molecule has 4 nitrogen and oxygen atoms in total. The van der Waals surface area contributed by atoms with Crippen LogP contribution in [0.2, 0.25) is 0 Å². The predicted octanol–water partition coefficient (Wildman–Crippen LogP) is 12.8. The number of benzene rings is 7. The maximum atomic E-state index is 6.57. The third kappa shape index (κ3) is 5.30. The van der Waals surface area contributed by atoms with Gasteiger partial charge in [0, 0.05) is 33.0 Å². The third-order valence-corrected chi connectivity index (χ3v) is 10.5. The minimum Gasteiger partial charge on any atom is -0.455 e. The summed E-state index contributed by atoms with van der Waals surface area (Å²) in [6, 6.07) is 59.7. The van der Waals surface area contributed by atoms with E-state index in [-0.39, 0.29) is 5.92 Å². The summed E-state index contributed by atoms with van der Waals surface area (Å²) in [7, 11) is 0. The van der Waals surface area contributed by atoms with Crippen molar-refractivity contribution >= 4 is 61.1 Å². The molecule has 0 saturated heterocycles. The number of aromatic nitrogens is 1. The monoisotopic (exact) mass is 681 g/mol. The van der Waals surface area contributed by atoms with Gasteiger partial charge in [-0.3, -0.25) is 4.57 Å². The second kappa shape index (κ2) is 12.8. The molecule has 0 N–H and O–H groups in total. The summed E-state index contributed by atoms with van der Waals surface area (Å²) in [4.78, 5) is 11.0. The fraction of sp³-hybridized carbons (Fsp3) is 0.0612. The van der Waals surface area contributed by atoms with E-state index >= 15 is 0 Å². The van der Waals surface area contributed by atoms with E-state index in [0.717, 1.165) is 83.8 Å². The van der Waals surface area contributed by atoms with Crippen LogP contribution in [0.1, 0.15) is 24.5 Å². The lowest BCUT2D eigenvalue weighted by Gasteiger charge is -2.19. The summed E-state index contributed by atoms with van der Waals surface area (Å²) in [5.41, 5.74) is 12.5. The molecule has 53 heavy (non-hydrogen) atoms. The Labute approximate surface area is 307 Å². The fourth-order valence-electron chi connectivity index (χ4n) is 7.92. The molecular formula is C49H35N3O. The van der Waals surface area contributed by atoms with Gasteiger partial charge >= 0.3 is 0 Å². The Balaban J connectivity index is 1.22. The number of nitrogens with zero attached hydrogens (tertiary/aromatic N) is 3. The number of para-hydroxylation sites is 3. The zero-order valence-electron chi connectivity index (χ0n) is 29.3. The molecule has 0 amide bonds. The molecule has 4 heteroatoms. The summed E-state index contributed by atoms with van der Waals surface area (Å²) < 4.78 is 8.82. The lowest BCUT2D eigenvalue weighted by Crippen LogP contribution is -2.20. The molecule has 1 aliphatic rings. The van der Waals surface area contributed by atoms with Gasteiger partial charge in [-0.2, -0.15) is 0 Å². The predicted molar refractivity (Wildman–Crippen MR) is 222 cm³/mol. The number of furan rings is 1. The molecule has 1 unspecified atom stereocenters. The Morgan fingerprint density at radius 2 is 1.11 bits per heavy atom. The molecule has 0 saturated carbocycles. The smallest absolute Gasteiger partial charge is 0.235 e. The molecule has 3 heterocycles. The molecule has 0 fully saturated rings. The van der Waals surface area contributed by atoms with Gasteiger partial charge in [-0.25, -0.2) is 9.98 Å². The Kier molecular flexibility index (Phi) is 7.47. The first-order valence-corrected chi connectivity index (χ1v) is 18.2. The SMILES string of the molecule is CC1C/C=C(\c2ccccc2)N=C(n2c3ccccc3c3c(-c4cccc5c4oc4ccccc45)cccc32)N=C1c1ccc(-c2ccccc2)cc1. The maximum absolute atomic E-state index is 6.57. The van der Waals surface area contributed by atoms with Gasteiger partial charge in [0.25, 0.3) is 0 Å². The molecule has 252 valence electrons. The molecular weight excluding hydrogens is 647 g/mol. The lowest BCUT2D eigenvalue weighted by atomic mass is 9.92. The second-order valence-electron chi connectivity index (χ2n) is 13.8. The van der Waals surface area contributed by atoms with Crippen LogP contribution in [0.5, 0.6) is 0 Å². The average molecular weight is 682 g/mol. The largest absolute Gasteiger partial charge is 0.455 e. The van der Waals surface area contributed by atoms with Gasteiger partial charge in [-0.15, -0.1) is 0 Å². The highest BCUT2D eigenvalue weighted by Crippen LogP contribution is 2.42. The van der Waals surface area contributed by atoms with Crippen LogP contribution in [0, 0.1) is 5.92 Å². The summed E-state index contributed by atoms with van der Waals surface area (Å²) in [6.45, 7) is 2.27. The van der Waals surface area contributed by atoms with Crippen LogP contribution in [0.4, 0.5) is 0 Å². The van der Waals surface area contributed by atoms with Crippen molar-refractivity contribution in [1.29, 1.82) is 0 Å². The van der Waals surface area contributed by atoms with Gasteiger partial charge in [0.2, 0.25) is 5.96 Å². The maximum Gasteiger partial charge on any atom is 0.235 e. The summed E-state index contributed by atoms with van der Waals surface area (Å²) in [5, 5.41) is 4.51. The van der Waals surface area contributed by atoms with Crippen molar-refractivity contribution in [3.8, 4) is 22.3 Å². The van der Waals surface area contributed by atoms with E-state index in [2.05, 4.69) is 169 Å². The van der Waals surface area contributed by atoms with Crippen LogP contribution in [-0.2, 0) is 0 Å². The summed E-state index contributed by atoms with van der Waals surface area (Å²) in [6.07, 6.45) is 3.09. The first-order chi connectivity index (χ1) is 26.2. The van der Waals surface area contributed by atoms with E-state index in [0.29, 0.717) is 5.96 Å². The Morgan fingerprint density at radius 3 is 1.92 bits per heavy atom. The highest BCUT2D eigenvalue weighted by atomic mass is 16.3. The Bertz CT molecular complexity index is 2910. The van der Waals surface area contributed by atoms with Gasteiger partial charge in [-0.1, -0.05) is 165 Å². The van der Waals surface area contributed by atoms with E-state index in [1.807, 2.05) is 18.2 Å². The molecule has 0 bridgehead atoms. The Morgan fingerprint density at radius 1 is 0.509 bits per heavy atom. The van der Waals surface area contributed by atoms with Gasteiger partial charge < -0.3 is 4.42 Å². The molecule has 0 spiro atoms. The first-order valence-electron chi connectivity index (χ1n) is 18.2. The summed E-state index contributed by atoms with van der Waals surface area (Å²) in [5.74, 6) is 0.787. The number of rotatable bonds is 4. The molecule has 7 aromatic carbocycles. The van der Waals surface area contributed by atoms with Crippen molar-refractivity contribution < 1.29 is 4.42 Å². The normalized spacial score (nSPS) is 15.9. The quantitative estimate of drug-likeness (QED) is 0.182. The Hall–Kier alpha value is -6.78. The van der Waals surface area contributed by atoms with Crippen molar-refractivity contribution in [2.45, 2.75) is 13.3 Å². The first kappa shape index (κ1) is 31.0. The van der Waals surface area contributed by atoms with Gasteiger partial charge in [0.1, 0.15) is 11.2 Å². The molecule has 10 rings (SSSR count). The minimum absolute atomic E-state index is 0.149. The molecule has 2 aromatic heterocycles. The zero-order valence-corrected chi connectivity index (χ0v) is 29.3. The van der Waals surface area contributed by atoms with Gasteiger partial charge in [-0.05, 0) is 52.4 Å². The zero-order chi connectivity index (χ0) is 35.3. The molecule has 0 radical (unpaired) electrons. The molecule has 1 aliphatic heterocycles. The van der Waals surface area contributed by atoms with Crippen molar-refractivity contribution in [3.05, 3.63) is 187 Å². The van der Waals surface area contributed by atoms with Gasteiger partial charge in [0.15, 0.2) is 0 Å². The third-order valence-electron chi connectivity index (χ3n) is 10.5. The van der Waals surface area contributed by atoms with Crippen LogP contribution in [0.3, 0.4) is 0 Å². The number of hydrogen-bond acceptors (Lipinski definition) is 3. The number of fused-ring (bicyclic) bond motifs is 6. The molecule has 1 atom stereocenters. The van der Waals surface area contributed by atoms with Crippen molar-refractivity contribution in [1.82, 2.24) is 4.57 Å². The van der Waals surface area contributed by atoms with Crippen molar-refractivity contribution in [2.24, 2.45) is 15.9 Å². The fourth-order valence-corrected chi connectivity index (χ4v) is 7.92. The van der Waals surface area contributed by atoms with E-state index in [1.165, 1.54) is 11.1 Å². The molecule has 0 aliphatic carbocycles. The number of hydrogen-bond donors (Lipinski definition) is 0. The van der Waals surface area contributed by atoms with Crippen LogP contribution < -0.4 is 0 Å². The van der Waals surface area contributed by atoms with Crippen LogP contribution in [-0.4, -0.2) is 16.2 Å². The standard InChI is InChI=1S/C49H35N3O/c1-32-26-31-42(35-16-6-3-7-17-35)50-49(51-47(32)36-29-27-34(28-30-36)33-14-4-2-5-15-33)52-43-23-10-8-19-41(43)46-38(20-13-24-44(46)52)40-22-12-21-39-37-18-9-11-25-45(37)53-48(39)40/h2-25,27-32H,26H2,1H3/b42-31+,50-49?,51-47?. The van der Waals surface area contributed by atoms with Crippen molar-refractivity contribution in [2.75, 3.05) is 0 Å². The average Bonchev–Trinajstić information content (AvgIpc) is 3.77. The van der Waals surface area contributed by atoms with Crippen molar-refractivity contribution in [3.63, 3.8) is 0 Å². The molecule has 9 aromatic rings. The lowest BCUT2D eigenvalue weighted by molar-refractivity contribution is 0.670. The second-order valence-corrected chi connectivity index (χ2v) is 13.8. The van der Waals surface area contributed by atoms with E-state index < -0.39 is 0 Å². The summed E-state index contributed by atoms with van der Waals surface area (Å²) >= 11 is 0. The number of allylic oxidation sites excluding steroid dienone is 1. The van der Waals surface area contributed by atoms with E-state index in [9.17, 15) is 0 Å². The highest BCUT2D eigenvalue weighted by molar-refractivity contribution is 6.23. The van der Waals surface area contributed by atoms with Crippen LogP contribution >= 0.6 is 0 Å². The van der Waals surface area contributed by atoms with Crippen LogP contribution in [0.15, 0.2) is 190 Å².